The third kappa shape index (κ3) is 4.17. The Hall–Kier alpha value is -2.31. The minimum atomic E-state index is 0.778. The molecule has 0 atom stereocenters. The first-order chi connectivity index (χ1) is 13.2. The molecule has 3 heterocycles. The second-order valence-electron chi connectivity index (χ2n) is 7.44. The first kappa shape index (κ1) is 18.1. The Morgan fingerprint density at radius 2 is 1.78 bits per heavy atom. The Labute approximate surface area is 165 Å². The van der Waals surface area contributed by atoms with Crippen molar-refractivity contribution in [3.8, 4) is 11.4 Å². The molecule has 4 rings (SSSR count). The van der Waals surface area contributed by atoms with Crippen LogP contribution in [0.2, 0.25) is 0 Å². The zero-order valence-electron chi connectivity index (χ0n) is 15.7. The minimum absolute atomic E-state index is 0.778. The van der Waals surface area contributed by atoms with Crippen LogP contribution in [0.1, 0.15) is 18.4 Å². The van der Waals surface area contributed by atoms with E-state index in [-0.39, 0.29) is 0 Å². The van der Waals surface area contributed by atoms with Crippen molar-refractivity contribution in [3.63, 3.8) is 0 Å². The predicted molar refractivity (Wildman–Crippen MR) is 109 cm³/mol. The number of nitrogens with zero attached hydrogens (tertiary/aromatic N) is 4. The van der Waals surface area contributed by atoms with Crippen molar-refractivity contribution in [2.24, 2.45) is 13.0 Å². The predicted octanol–water partition coefficient (Wildman–Crippen LogP) is 2.51. The number of rotatable bonds is 5. The van der Waals surface area contributed by atoms with Crippen LogP contribution in [0.4, 0.5) is 0 Å². The number of hydrogen-bond acceptors (Lipinski definition) is 3. The van der Waals surface area contributed by atoms with E-state index in [0.717, 1.165) is 28.7 Å². The number of hydrogen-bond donors (Lipinski definition) is 1. The molecule has 5 nitrogen and oxygen atoms in total. The highest BCUT2D eigenvalue weighted by molar-refractivity contribution is 7.71. The molecule has 0 bridgehead atoms. The minimum Gasteiger partial charge on any atom is -0.316 e. The van der Waals surface area contributed by atoms with Crippen LogP contribution in [0.15, 0.2) is 54.9 Å². The van der Waals surface area contributed by atoms with Crippen LogP contribution in [0, 0.1) is 10.7 Å². The molecule has 0 radical (unpaired) electrons. The topological polar surface area (TPSA) is 40.1 Å². The monoisotopic (exact) mass is 380 g/mol. The maximum absolute atomic E-state index is 5.63. The molecule has 1 N–H and O–H groups in total. The standard InChI is InChI=1S/C21H25N5S/c1-24-20(19-7-11-22-12-8-19)23-26(21(24)27)16-25-13-9-18(10-14-25)15-17-5-3-2-4-6-17/h2-8,11-12,18H,9-10,13-16H2,1H3/p+1. The maximum Gasteiger partial charge on any atom is 0.202 e. The lowest BCUT2D eigenvalue weighted by atomic mass is 9.90. The fraction of sp³-hybridized carbons (Fsp3) is 0.381. The van der Waals surface area contributed by atoms with E-state index in [0.29, 0.717) is 0 Å². The Balaban J connectivity index is 1.39. The number of pyridine rings is 1. The van der Waals surface area contributed by atoms with Crippen LogP contribution in [0.25, 0.3) is 11.4 Å². The van der Waals surface area contributed by atoms with Gasteiger partial charge >= 0.3 is 0 Å². The van der Waals surface area contributed by atoms with Crippen molar-refractivity contribution in [1.29, 1.82) is 0 Å². The van der Waals surface area contributed by atoms with Gasteiger partial charge in [0.1, 0.15) is 0 Å². The third-order valence-electron chi connectivity index (χ3n) is 5.53. The molecule has 2 aromatic heterocycles. The van der Waals surface area contributed by atoms with E-state index in [1.165, 1.54) is 37.9 Å². The lowest BCUT2D eigenvalue weighted by Crippen LogP contribution is -3.12. The molecule has 0 spiro atoms. The zero-order valence-corrected chi connectivity index (χ0v) is 16.5. The van der Waals surface area contributed by atoms with E-state index >= 15 is 0 Å². The van der Waals surface area contributed by atoms with Crippen molar-refractivity contribution in [2.45, 2.75) is 25.9 Å². The van der Waals surface area contributed by atoms with Gasteiger partial charge in [-0.2, -0.15) is 4.68 Å². The van der Waals surface area contributed by atoms with Gasteiger partial charge in [-0.15, -0.1) is 5.10 Å². The molecule has 0 saturated carbocycles. The summed E-state index contributed by atoms with van der Waals surface area (Å²) in [5.74, 6) is 1.70. The van der Waals surface area contributed by atoms with Gasteiger partial charge in [0.2, 0.25) is 4.77 Å². The van der Waals surface area contributed by atoms with Gasteiger partial charge in [-0.05, 0) is 55.1 Å². The summed E-state index contributed by atoms with van der Waals surface area (Å²) in [6, 6.07) is 14.8. The molecule has 3 aromatic rings. The number of likely N-dealkylation sites (tertiary alicyclic amines) is 1. The first-order valence-corrected chi connectivity index (χ1v) is 10.0. The summed E-state index contributed by atoms with van der Waals surface area (Å²) < 4.78 is 4.75. The number of nitrogens with one attached hydrogen (secondary N) is 1. The molecule has 1 aliphatic rings. The molecular weight excluding hydrogens is 354 g/mol. The molecule has 6 heteroatoms. The third-order valence-corrected chi connectivity index (χ3v) is 6.02. The second kappa shape index (κ2) is 8.15. The van der Waals surface area contributed by atoms with Crippen LogP contribution in [-0.4, -0.2) is 32.4 Å². The van der Waals surface area contributed by atoms with Gasteiger partial charge in [-0.25, -0.2) is 0 Å². The van der Waals surface area contributed by atoms with E-state index in [4.69, 9.17) is 17.3 Å². The number of quaternary nitrogens is 1. The summed E-state index contributed by atoms with van der Waals surface area (Å²) in [5.41, 5.74) is 2.51. The van der Waals surface area contributed by atoms with E-state index < -0.39 is 0 Å². The first-order valence-electron chi connectivity index (χ1n) is 9.62. The van der Waals surface area contributed by atoms with Gasteiger partial charge in [-0.3, -0.25) is 4.98 Å². The molecule has 0 aliphatic carbocycles. The van der Waals surface area contributed by atoms with Crippen molar-refractivity contribution in [1.82, 2.24) is 19.3 Å². The van der Waals surface area contributed by atoms with Crippen LogP contribution in [0.3, 0.4) is 0 Å². The average molecular weight is 381 g/mol. The normalized spacial score (nSPS) is 19.9. The van der Waals surface area contributed by atoms with Gasteiger partial charge < -0.3 is 9.47 Å². The molecule has 1 aromatic carbocycles. The van der Waals surface area contributed by atoms with E-state index in [1.807, 2.05) is 28.4 Å². The summed E-state index contributed by atoms with van der Waals surface area (Å²) in [6.45, 7) is 3.21. The Bertz CT molecular complexity index is 924. The second-order valence-corrected chi connectivity index (χ2v) is 7.81. The number of benzene rings is 1. The SMILES string of the molecule is Cn1c(-c2ccncc2)nn(C[NH+]2CCC(Cc3ccccc3)CC2)c1=S. The Morgan fingerprint density at radius 1 is 1.07 bits per heavy atom. The highest BCUT2D eigenvalue weighted by Crippen LogP contribution is 2.17. The summed E-state index contributed by atoms with van der Waals surface area (Å²) in [7, 11) is 1.99. The largest absolute Gasteiger partial charge is 0.316 e. The number of piperidine rings is 1. The molecule has 140 valence electrons. The highest BCUT2D eigenvalue weighted by atomic mass is 32.1. The fourth-order valence-corrected chi connectivity index (χ4v) is 4.14. The summed E-state index contributed by atoms with van der Waals surface area (Å²) >= 11 is 5.63. The molecular formula is C21H26N5S+. The van der Waals surface area contributed by atoms with Crippen LogP contribution in [-0.2, 0) is 20.1 Å². The van der Waals surface area contributed by atoms with E-state index in [9.17, 15) is 0 Å². The molecule has 0 unspecified atom stereocenters. The van der Waals surface area contributed by atoms with Crippen LogP contribution < -0.4 is 4.90 Å². The smallest absolute Gasteiger partial charge is 0.202 e. The molecule has 1 aliphatic heterocycles. The lowest BCUT2D eigenvalue weighted by molar-refractivity contribution is -0.929. The van der Waals surface area contributed by atoms with Crippen molar-refractivity contribution in [3.05, 3.63) is 65.2 Å². The molecule has 1 saturated heterocycles. The molecule has 27 heavy (non-hydrogen) atoms. The van der Waals surface area contributed by atoms with Crippen LogP contribution >= 0.6 is 12.2 Å². The van der Waals surface area contributed by atoms with E-state index in [2.05, 4.69) is 35.3 Å². The summed E-state index contributed by atoms with van der Waals surface area (Å²) in [4.78, 5) is 5.65. The van der Waals surface area contributed by atoms with Gasteiger partial charge in [0.05, 0.1) is 13.1 Å². The van der Waals surface area contributed by atoms with Crippen molar-refractivity contribution in [2.75, 3.05) is 13.1 Å². The van der Waals surface area contributed by atoms with Crippen molar-refractivity contribution < 1.29 is 4.90 Å². The highest BCUT2D eigenvalue weighted by Gasteiger charge is 2.23. The zero-order chi connectivity index (χ0) is 18.6. The van der Waals surface area contributed by atoms with Gasteiger partial charge in [0, 0.05) is 25.0 Å². The Kier molecular flexibility index (Phi) is 5.45. The van der Waals surface area contributed by atoms with Gasteiger partial charge in [0.15, 0.2) is 12.5 Å². The van der Waals surface area contributed by atoms with Crippen LogP contribution in [0.5, 0.6) is 0 Å². The van der Waals surface area contributed by atoms with E-state index in [1.54, 1.807) is 17.3 Å². The van der Waals surface area contributed by atoms with Crippen molar-refractivity contribution >= 4 is 12.2 Å². The lowest BCUT2D eigenvalue weighted by Gasteiger charge is -2.29. The summed E-state index contributed by atoms with van der Waals surface area (Å²) in [5, 5.41) is 4.79. The maximum atomic E-state index is 5.63. The average Bonchev–Trinajstić information content (AvgIpc) is 2.99. The fourth-order valence-electron chi connectivity index (χ4n) is 3.95. The van der Waals surface area contributed by atoms with Gasteiger partial charge in [0.25, 0.3) is 0 Å². The summed E-state index contributed by atoms with van der Waals surface area (Å²) in [6.07, 6.45) is 7.31. The quantitative estimate of drug-likeness (QED) is 0.692. The van der Waals surface area contributed by atoms with Gasteiger partial charge in [-0.1, -0.05) is 30.3 Å². The molecule has 1 fully saturated rings. The Morgan fingerprint density at radius 3 is 2.48 bits per heavy atom. The number of aromatic nitrogens is 4. The molecule has 0 amide bonds.